The zero-order chi connectivity index (χ0) is 13.9. The van der Waals surface area contributed by atoms with Crippen molar-refractivity contribution in [1.29, 1.82) is 0 Å². The van der Waals surface area contributed by atoms with Crippen LogP contribution in [0.4, 0.5) is 5.69 Å². The first-order chi connectivity index (χ1) is 9.00. The Morgan fingerprint density at radius 1 is 1.11 bits per heavy atom. The molecule has 0 unspecified atom stereocenters. The molecule has 1 aliphatic rings. The summed E-state index contributed by atoms with van der Waals surface area (Å²) in [6, 6.07) is 7.92. The van der Waals surface area contributed by atoms with E-state index >= 15 is 0 Å². The van der Waals surface area contributed by atoms with Crippen molar-refractivity contribution in [2.75, 3.05) is 43.9 Å². The second-order valence-electron chi connectivity index (χ2n) is 4.58. The predicted octanol–water partition coefficient (Wildman–Crippen LogP) is 1.17. The van der Waals surface area contributed by atoms with Crippen LogP contribution >= 0.6 is 0 Å². The van der Waals surface area contributed by atoms with Crippen molar-refractivity contribution in [3.8, 4) is 5.75 Å². The van der Waals surface area contributed by atoms with Crippen LogP contribution in [0.2, 0.25) is 0 Å². The molecule has 2 rings (SSSR count). The van der Waals surface area contributed by atoms with E-state index in [4.69, 9.17) is 4.74 Å². The molecule has 1 heterocycles. The Labute approximate surface area is 114 Å². The summed E-state index contributed by atoms with van der Waals surface area (Å²) in [6.07, 6.45) is 1.26. The van der Waals surface area contributed by atoms with Gasteiger partial charge < -0.3 is 9.64 Å². The van der Waals surface area contributed by atoms with Gasteiger partial charge in [-0.1, -0.05) is 0 Å². The third-order valence-corrected chi connectivity index (χ3v) is 4.52. The molecule has 0 spiro atoms. The molecule has 0 aliphatic carbocycles. The van der Waals surface area contributed by atoms with Crippen LogP contribution in [0.15, 0.2) is 24.3 Å². The summed E-state index contributed by atoms with van der Waals surface area (Å²) in [5.74, 6) is 0.862. The van der Waals surface area contributed by atoms with E-state index in [2.05, 4.69) is 4.90 Å². The molecule has 0 bridgehead atoms. The zero-order valence-electron chi connectivity index (χ0n) is 11.4. The number of hydrogen-bond acceptors (Lipinski definition) is 4. The standard InChI is InChI=1S/C13H20N2O3S/c1-3-18-13-6-4-12(5-7-13)14-8-10-15(11-9-14)19(2,16)17/h4-7H,3,8-11H2,1-2H3. The Morgan fingerprint density at radius 2 is 1.68 bits per heavy atom. The molecule has 0 atom stereocenters. The predicted molar refractivity (Wildman–Crippen MR) is 76.2 cm³/mol. The summed E-state index contributed by atoms with van der Waals surface area (Å²) in [5.41, 5.74) is 1.11. The van der Waals surface area contributed by atoms with Gasteiger partial charge in [-0.3, -0.25) is 0 Å². The number of sulfonamides is 1. The fourth-order valence-electron chi connectivity index (χ4n) is 2.20. The van der Waals surface area contributed by atoms with Crippen molar-refractivity contribution in [3.63, 3.8) is 0 Å². The largest absolute Gasteiger partial charge is 0.494 e. The first kappa shape index (κ1) is 14.1. The quantitative estimate of drug-likeness (QED) is 0.833. The topological polar surface area (TPSA) is 49.9 Å². The highest BCUT2D eigenvalue weighted by Crippen LogP contribution is 2.21. The smallest absolute Gasteiger partial charge is 0.211 e. The van der Waals surface area contributed by atoms with Crippen molar-refractivity contribution < 1.29 is 13.2 Å². The molecule has 1 aliphatic heterocycles. The molecule has 106 valence electrons. The maximum absolute atomic E-state index is 11.4. The summed E-state index contributed by atoms with van der Waals surface area (Å²) in [7, 11) is -3.06. The summed E-state index contributed by atoms with van der Waals surface area (Å²) in [5, 5.41) is 0. The van der Waals surface area contributed by atoms with Crippen LogP contribution in [-0.2, 0) is 10.0 Å². The average molecular weight is 284 g/mol. The van der Waals surface area contributed by atoms with Gasteiger partial charge in [-0.15, -0.1) is 0 Å². The lowest BCUT2D eigenvalue weighted by atomic mass is 10.2. The molecule has 1 aromatic rings. The van der Waals surface area contributed by atoms with E-state index < -0.39 is 10.0 Å². The van der Waals surface area contributed by atoms with Gasteiger partial charge >= 0.3 is 0 Å². The number of anilines is 1. The molecular weight excluding hydrogens is 264 g/mol. The Balaban J connectivity index is 1.97. The lowest BCUT2D eigenvalue weighted by Crippen LogP contribution is -2.48. The highest BCUT2D eigenvalue weighted by atomic mass is 32.2. The molecule has 6 heteroatoms. The van der Waals surface area contributed by atoms with Gasteiger partial charge in [0.2, 0.25) is 10.0 Å². The van der Waals surface area contributed by atoms with Crippen molar-refractivity contribution in [2.45, 2.75) is 6.92 Å². The number of rotatable bonds is 4. The fourth-order valence-corrected chi connectivity index (χ4v) is 3.02. The minimum absolute atomic E-state index is 0.548. The molecule has 1 aromatic carbocycles. The normalized spacial score (nSPS) is 17.5. The van der Waals surface area contributed by atoms with Gasteiger partial charge in [0.1, 0.15) is 5.75 Å². The van der Waals surface area contributed by atoms with E-state index in [0.717, 1.165) is 24.5 Å². The van der Waals surface area contributed by atoms with Gasteiger partial charge in [-0.05, 0) is 31.2 Å². The Hall–Kier alpha value is -1.27. The SMILES string of the molecule is CCOc1ccc(N2CCN(S(C)(=O)=O)CC2)cc1. The maximum Gasteiger partial charge on any atom is 0.211 e. The molecule has 0 aromatic heterocycles. The molecule has 0 saturated carbocycles. The third kappa shape index (κ3) is 3.61. The summed E-state index contributed by atoms with van der Waals surface area (Å²) in [6.45, 7) is 5.16. The van der Waals surface area contributed by atoms with Gasteiger partial charge in [-0.2, -0.15) is 4.31 Å². The highest BCUT2D eigenvalue weighted by Gasteiger charge is 2.23. The van der Waals surface area contributed by atoms with Crippen LogP contribution < -0.4 is 9.64 Å². The number of benzene rings is 1. The monoisotopic (exact) mass is 284 g/mol. The molecule has 19 heavy (non-hydrogen) atoms. The summed E-state index contributed by atoms with van der Waals surface area (Å²) in [4.78, 5) is 2.19. The Bertz CT molecular complexity index is 505. The van der Waals surface area contributed by atoms with Crippen LogP contribution in [0.3, 0.4) is 0 Å². The van der Waals surface area contributed by atoms with Crippen molar-refractivity contribution >= 4 is 15.7 Å². The van der Waals surface area contributed by atoms with Crippen molar-refractivity contribution in [3.05, 3.63) is 24.3 Å². The van der Waals surface area contributed by atoms with Gasteiger partial charge in [-0.25, -0.2) is 8.42 Å². The van der Waals surface area contributed by atoms with Crippen LogP contribution in [0, 0.1) is 0 Å². The van der Waals surface area contributed by atoms with Crippen LogP contribution in [0.1, 0.15) is 6.92 Å². The number of piperazine rings is 1. The van der Waals surface area contributed by atoms with Crippen LogP contribution in [0.5, 0.6) is 5.75 Å². The lowest BCUT2D eigenvalue weighted by Gasteiger charge is -2.34. The minimum atomic E-state index is -3.06. The second-order valence-corrected chi connectivity index (χ2v) is 6.56. The Kier molecular flexibility index (Phi) is 4.31. The van der Waals surface area contributed by atoms with E-state index in [1.54, 1.807) is 0 Å². The van der Waals surface area contributed by atoms with E-state index in [0.29, 0.717) is 19.7 Å². The van der Waals surface area contributed by atoms with Crippen molar-refractivity contribution in [2.24, 2.45) is 0 Å². The van der Waals surface area contributed by atoms with E-state index in [-0.39, 0.29) is 0 Å². The number of hydrogen-bond donors (Lipinski definition) is 0. The Morgan fingerprint density at radius 3 is 2.16 bits per heavy atom. The third-order valence-electron chi connectivity index (χ3n) is 3.22. The molecule has 5 nitrogen and oxygen atoms in total. The molecule has 0 radical (unpaired) electrons. The zero-order valence-corrected chi connectivity index (χ0v) is 12.2. The first-order valence-electron chi connectivity index (χ1n) is 6.43. The lowest BCUT2D eigenvalue weighted by molar-refractivity contribution is 0.340. The van der Waals surface area contributed by atoms with E-state index in [1.165, 1.54) is 10.6 Å². The molecule has 1 fully saturated rings. The number of nitrogens with zero attached hydrogens (tertiary/aromatic N) is 2. The van der Waals surface area contributed by atoms with Crippen LogP contribution in [-0.4, -0.2) is 51.8 Å². The number of ether oxygens (including phenoxy) is 1. The molecular formula is C13H20N2O3S. The second kappa shape index (κ2) is 5.79. The maximum atomic E-state index is 11.4. The van der Waals surface area contributed by atoms with E-state index in [9.17, 15) is 8.42 Å². The summed E-state index contributed by atoms with van der Waals surface area (Å²) < 4.78 is 29.8. The van der Waals surface area contributed by atoms with Gasteiger partial charge in [0, 0.05) is 31.9 Å². The average Bonchev–Trinajstić information content (AvgIpc) is 2.39. The molecule has 1 saturated heterocycles. The van der Waals surface area contributed by atoms with Crippen molar-refractivity contribution in [1.82, 2.24) is 4.31 Å². The van der Waals surface area contributed by atoms with Gasteiger partial charge in [0.15, 0.2) is 0 Å². The molecule has 0 amide bonds. The van der Waals surface area contributed by atoms with Crippen LogP contribution in [0.25, 0.3) is 0 Å². The van der Waals surface area contributed by atoms with Gasteiger partial charge in [0.05, 0.1) is 12.9 Å². The minimum Gasteiger partial charge on any atom is -0.494 e. The fraction of sp³-hybridized carbons (Fsp3) is 0.538. The molecule has 0 N–H and O–H groups in total. The summed E-state index contributed by atoms with van der Waals surface area (Å²) >= 11 is 0. The first-order valence-corrected chi connectivity index (χ1v) is 8.28. The van der Waals surface area contributed by atoms with Gasteiger partial charge in [0.25, 0.3) is 0 Å². The van der Waals surface area contributed by atoms with E-state index in [1.807, 2.05) is 31.2 Å². The highest BCUT2D eigenvalue weighted by molar-refractivity contribution is 7.88.